The molecule has 0 saturated heterocycles. The third-order valence-corrected chi connectivity index (χ3v) is 6.94. The summed E-state index contributed by atoms with van der Waals surface area (Å²) < 4.78 is 11.0. The van der Waals surface area contributed by atoms with Gasteiger partial charge in [0.1, 0.15) is 11.8 Å². The van der Waals surface area contributed by atoms with E-state index in [1.54, 1.807) is 7.11 Å². The average molecular weight is 471 g/mol. The number of amides is 2. The molecular weight excluding hydrogens is 436 g/mol. The highest BCUT2D eigenvalue weighted by atomic mass is 32.1. The van der Waals surface area contributed by atoms with Crippen LogP contribution in [0, 0.1) is 5.41 Å². The maximum atomic E-state index is 13.5. The van der Waals surface area contributed by atoms with Crippen LogP contribution in [0.2, 0.25) is 0 Å². The zero-order chi connectivity index (χ0) is 23.7. The number of rotatable bonds is 10. The first-order valence-corrected chi connectivity index (χ1v) is 12.1. The molecular formula is C26H34N2O4S. The van der Waals surface area contributed by atoms with Gasteiger partial charge in [0.25, 0.3) is 0 Å². The summed E-state index contributed by atoms with van der Waals surface area (Å²) in [6.07, 6.45) is 3.60. The highest BCUT2D eigenvalue weighted by Crippen LogP contribution is 2.39. The van der Waals surface area contributed by atoms with Crippen molar-refractivity contribution in [1.82, 2.24) is 5.32 Å². The predicted molar refractivity (Wildman–Crippen MR) is 134 cm³/mol. The van der Waals surface area contributed by atoms with Crippen molar-refractivity contribution in [1.29, 1.82) is 0 Å². The van der Waals surface area contributed by atoms with Crippen LogP contribution in [-0.2, 0) is 20.7 Å². The maximum absolute atomic E-state index is 13.5. The lowest BCUT2D eigenvalue weighted by Gasteiger charge is -2.38. The van der Waals surface area contributed by atoms with Crippen LogP contribution in [0.3, 0.4) is 0 Å². The fourth-order valence-electron chi connectivity index (χ4n) is 4.27. The minimum Gasteiger partial charge on any atom is -0.497 e. The van der Waals surface area contributed by atoms with E-state index in [-0.39, 0.29) is 17.9 Å². The molecule has 0 spiro atoms. The standard InChI is InChI=1S/C26H34N2O4S/c1-3-32-22-13-15-26(18-33,16-14-22)25(30)28-23(17-19-9-11-21(31-2)12-10-19)24(29)27-20-7-5-4-6-8-20/h4-12,22-23,33H,3,13-18H2,1-2H3,(H,27,29)(H,28,30)/t22?,23-,26?/m0/s1. The molecule has 2 aromatic rings. The van der Waals surface area contributed by atoms with Gasteiger partial charge in [-0.2, -0.15) is 12.6 Å². The number of hydrogen-bond donors (Lipinski definition) is 3. The molecule has 2 N–H and O–H groups in total. The number of benzene rings is 2. The number of carbonyl (C=O) groups is 2. The first-order chi connectivity index (χ1) is 16.0. The van der Waals surface area contributed by atoms with Crippen LogP contribution in [-0.4, -0.2) is 43.4 Å². The van der Waals surface area contributed by atoms with Crippen LogP contribution in [0.1, 0.15) is 38.2 Å². The molecule has 0 heterocycles. The van der Waals surface area contributed by atoms with Crippen molar-refractivity contribution < 1.29 is 19.1 Å². The van der Waals surface area contributed by atoms with Gasteiger partial charge in [-0.25, -0.2) is 0 Å². The molecule has 0 unspecified atom stereocenters. The van der Waals surface area contributed by atoms with Gasteiger partial charge in [0.2, 0.25) is 11.8 Å². The largest absolute Gasteiger partial charge is 0.497 e. The summed E-state index contributed by atoms with van der Waals surface area (Å²) in [5, 5.41) is 5.98. The van der Waals surface area contributed by atoms with Gasteiger partial charge in [-0.3, -0.25) is 9.59 Å². The minimum atomic E-state index is -0.715. The molecule has 1 fully saturated rings. The summed E-state index contributed by atoms with van der Waals surface area (Å²) in [4.78, 5) is 26.7. The molecule has 1 saturated carbocycles. The van der Waals surface area contributed by atoms with Gasteiger partial charge < -0.3 is 20.1 Å². The van der Waals surface area contributed by atoms with Gasteiger partial charge in [-0.05, 0) is 62.4 Å². The second-order valence-corrected chi connectivity index (χ2v) is 8.84. The minimum absolute atomic E-state index is 0.117. The third-order valence-electron chi connectivity index (χ3n) is 6.34. The number of carbonyl (C=O) groups excluding carboxylic acids is 2. The average Bonchev–Trinajstić information content (AvgIpc) is 2.85. The maximum Gasteiger partial charge on any atom is 0.247 e. The van der Waals surface area contributed by atoms with Crippen molar-refractivity contribution in [2.24, 2.45) is 5.41 Å². The van der Waals surface area contributed by atoms with Gasteiger partial charge in [0.05, 0.1) is 18.6 Å². The van der Waals surface area contributed by atoms with Crippen molar-refractivity contribution in [2.45, 2.75) is 51.2 Å². The van der Waals surface area contributed by atoms with Crippen LogP contribution in [0.15, 0.2) is 54.6 Å². The molecule has 2 aromatic carbocycles. The SMILES string of the molecule is CCOC1CCC(CS)(C(=O)N[C@@H](Cc2ccc(OC)cc2)C(=O)Nc2ccccc2)CC1. The van der Waals surface area contributed by atoms with Crippen LogP contribution in [0.25, 0.3) is 0 Å². The zero-order valence-corrected chi connectivity index (χ0v) is 20.3. The second-order valence-electron chi connectivity index (χ2n) is 8.53. The molecule has 0 bridgehead atoms. The summed E-state index contributed by atoms with van der Waals surface area (Å²) in [5.74, 6) is 0.817. The Morgan fingerprint density at radius 3 is 2.33 bits per heavy atom. The molecule has 178 valence electrons. The van der Waals surface area contributed by atoms with Gasteiger partial charge in [-0.15, -0.1) is 0 Å². The van der Waals surface area contributed by atoms with Crippen LogP contribution in [0.5, 0.6) is 5.75 Å². The van der Waals surface area contributed by atoms with Gasteiger partial charge in [0, 0.05) is 24.5 Å². The quantitative estimate of drug-likeness (QED) is 0.454. The zero-order valence-electron chi connectivity index (χ0n) is 19.4. The Kier molecular flexibility index (Phi) is 9.21. The predicted octanol–water partition coefficient (Wildman–Crippen LogP) is 4.26. The summed E-state index contributed by atoms with van der Waals surface area (Å²) in [6.45, 7) is 2.66. The fraction of sp³-hybridized carbons (Fsp3) is 0.462. The summed E-state index contributed by atoms with van der Waals surface area (Å²) in [6, 6.07) is 16.1. The number of methoxy groups -OCH3 is 1. The molecule has 0 radical (unpaired) electrons. The first-order valence-electron chi connectivity index (χ1n) is 11.5. The Bertz CT molecular complexity index is 896. The Morgan fingerprint density at radius 1 is 1.09 bits per heavy atom. The van der Waals surface area contributed by atoms with Gasteiger partial charge in [-0.1, -0.05) is 30.3 Å². The van der Waals surface area contributed by atoms with Gasteiger partial charge in [0.15, 0.2) is 0 Å². The molecule has 1 aliphatic rings. The van der Waals surface area contributed by atoms with E-state index in [9.17, 15) is 9.59 Å². The van der Waals surface area contributed by atoms with E-state index in [1.807, 2.05) is 61.5 Å². The van der Waals surface area contributed by atoms with E-state index < -0.39 is 11.5 Å². The Labute approximate surface area is 201 Å². The topological polar surface area (TPSA) is 76.7 Å². The summed E-state index contributed by atoms with van der Waals surface area (Å²) in [7, 11) is 1.61. The van der Waals surface area contributed by atoms with Crippen molar-refractivity contribution in [3.8, 4) is 5.75 Å². The van der Waals surface area contributed by atoms with E-state index in [0.717, 1.165) is 24.2 Å². The third kappa shape index (κ3) is 6.74. The van der Waals surface area contributed by atoms with E-state index >= 15 is 0 Å². The summed E-state index contributed by atoms with van der Waals surface area (Å²) in [5.41, 5.74) is 1.03. The van der Waals surface area contributed by atoms with Crippen LogP contribution in [0.4, 0.5) is 5.69 Å². The lowest BCUT2D eigenvalue weighted by Crippen LogP contribution is -2.53. The monoisotopic (exact) mass is 470 g/mol. The van der Waals surface area contributed by atoms with E-state index in [1.165, 1.54) is 0 Å². The molecule has 7 heteroatoms. The van der Waals surface area contributed by atoms with Crippen LogP contribution < -0.4 is 15.4 Å². The molecule has 2 amide bonds. The van der Waals surface area contributed by atoms with Crippen molar-refractivity contribution in [2.75, 3.05) is 24.8 Å². The molecule has 3 rings (SSSR count). The van der Waals surface area contributed by atoms with Gasteiger partial charge >= 0.3 is 0 Å². The molecule has 1 atom stereocenters. The fourth-order valence-corrected chi connectivity index (χ4v) is 4.73. The molecule has 0 aliphatic heterocycles. The van der Waals surface area contributed by atoms with Crippen molar-refractivity contribution in [3.05, 3.63) is 60.2 Å². The number of nitrogens with one attached hydrogen (secondary N) is 2. The molecule has 0 aromatic heterocycles. The van der Waals surface area contributed by atoms with E-state index in [2.05, 4.69) is 23.3 Å². The Balaban J connectivity index is 1.75. The number of thiol groups is 1. The van der Waals surface area contributed by atoms with E-state index in [4.69, 9.17) is 9.47 Å². The Hall–Kier alpha value is -2.51. The number of para-hydroxylation sites is 1. The summed E-state index contributed by atoms with van der Waals surface area (Å²) >= 11 is 4.53. The van der Waals surface area contributed by atoms with E-state index in [0.29, 0.717) is 37.3 Å². The Morgan fingerprint density at radius 2 is 1.76 bits per heavy atom. The number of hydrogen-bond acceptors (Lipinski definition) is 5. The number of anilines is 1. The second kappa shape index (κ2) is 12.1. The van der Waals surface area contributed by atoms with Crippen molar-refractivity contribution in [3.63, 3.8) is 0 Å². The highest BCUT2D eigenvalue weighted by Gasteiger charge is 2.42. The molecule has 1 aliphatic carbocycles. The lowest BCUT2D eigenvalue weighted by molar-refractivity contribution is -0.136. The molecule has 33 heavy (non-hydrogen) atoms. The normalized spacial score (nSPS) is 21.1. The van der Waals surface area contributed by atoms with Crippen molar-refractivity contribution >= 4 is 30.1 Å². The number of ether oxygens (including phenoxy) is 2. The molecule has 6 nitrogen and oxygen atoms in total. The lowest BCUT2D eigenvalue weighted by atomic mass is 9.73. The first kappa shape index (κ1) is 25.1. The highest BCUT2D eigenvalue weighted by molar-refractivity contribution is 7.80. The van der Waals surface area contributed by atoms with Crippen LogP contribution >= 0.6 is 12.6 Å². The smallest absolute Gasteiger partial charge is 0.247 e.